The van der Waals surface area contributed by atoms with Crippen molar-refractivity contribution in [1.82, 2.24) is 20.5 Å². The number of likely N-dealkylation sites (tertiary alicyclic amines) is 1. The molecule has 1 amide bonds. The van der Waals surface area contributed by atoms with Crippen molar-refractivity contribution in [3.8, 4) is 0 Å². The predicted octanol–water partition coefficient (Wildman–Crippen LogP) is 2.45. The number of rotatable bonds is 7. The highest BCUT2D eigenvalue weighted by atomic mass is 16.6. The van der Waals surface area contributed by atoms with Gasteiger partial charge in [0.15, 0.2) is 5.96 Å². The molecule has 1 aliphatic heterocycles. The minimum atomic E-state index is -0.481. The van der Waals surface area contributed by atoms with Gasteiger partial charge in [0.2, 0.25) is 0 Å². The lowest BCUT2D eigenvalue weighted by Crippen LogP contribution is -2.44. The molecule has 0 bridgehead atoms. The second-order valence-electron chi connectivity index (χ2n) is 7.90. The summed E-state index contributed by atoms with van der Waals surface area (Å²) in [6, 6.07) is 5.93. The number of amides is 1. The zero-order valence-corrected chi connectivity index (χ0v) is 17.5. The van der Waals surface area contributed by atoms with Gasteiger partial charge >= 0.3 is 6.09 Å². The SMILES string of the molecule is CN=C(NCCCCNc1ccccn1)N1CCC(NC(=O)OC(C)(C)C)C1. The van der Waals surface area contributed by atoms with Gasteiger partial charge in [-0.1, -0.05) is 6.07 Å². The molecule has 0 spiro atoms. The van der Waals surface area contributed by atoms with E-state index in [0.29, 0.717) is 0 Å². The molecule has 0 aliphatic carbocycles. The fourth-order valence-electron chi connectivity index (χ4n) is 3.01. The quantitative estimate of drug-likeness (QED) is 0.376. The Morgan fingerprint density at radius 1 is 1.32 bits per heavy atom. The zero-order chi connectivity index (χ0) is 20.4. The molecular formula is C20H34N6O2. The molecular weight excluding hydrogens is 356 g/mol. The van der Waals surface area contributed by atoms with Crippen molar-refractivity contribution in [2.24, 2.45) is 4.99 Å². The Hall–Kier alpha value is -2.51. The van der Waals surface area contributed by atoms with E-state index in [0.717, 1.165) is 57.2 Å². The average molecular weight is 391 g/mol. The standard InChI is InChI=1S/C20H34N6O2/c1-20(2,3)28-19(27)25-16-10-14-26(15-16)18(21-4)24-13-8-7-12-23-17-9-5-6-11-22-17/h5-6,9,11,16H,7-8,10,12-15H2,1-4H3,(H,21,24)(H,22,23)(H,25,27). The molecule has 0 saturated carbocycles. The molecule has 2 heterocycles. The molecule has 0 aromatic carbocycles. The molecule has 28 heavy (non-hydrogen) atoms. The van der Waals surface area contributed by atoms with Crippen LogP contribution in [0, 0.1) is 0 Å². The van der Waals surface area contributed by atoms with Gasteiger partial charge in [-0.3, -0.25) is 4.99 Å². The average Bonchev–Trinajstić information content (AvgIpc) is 3.08. The van der Waals surface area contributed by atoms with Gasteiger partial charge in [-0.15, -0.1) is 0 Å². The summed E-state index contributed by atoms with van der Waals surface area (Å²) in [5.41, 5.74) is -0.481. The number of aliphatic imine (C=N–C) groups is 1. The largest absolute Gasteiger partial charge is 0.444 e. The van der Waals surface area contributed by atoms with Crippen LogP contribution in [0.3, 0.4) is 0 Å². The maximum absolute atomic E-state index is 11.9. The first-order valence-corrected chi connectivity index (χ1v) is 9.97. The smallest absolute Gasteiger partial charge is 0.407 e. The molecule has 1 aromatic heterocycles. The number of hydrogen-bond donors (Lipinski definition) is 3. The summed E-state index contributed by atoms with van der Waals surface area (Å²) < 4.78 is 5.33. The van der Waals surface area contributed by atoms with E-state index in [1.165, 1.54) is 0 Å². The van der Waals surface area contributed by atoms with E-state index < -0.39 is 5.60 Å². The van der Waals surface area contributed by atoms with Gasteiger partial charge in [0.05, 0.1) is 6.04 Å². The Morgan fingerprint density at radius 3 is 2.79 bits per heavy atom. The first-order valence-electron chi connectivity index (χ1n) is 9.97. The van der Waals surface area contributed by atoms with E-state index in [-0.39, 0.29) is 12.1 Å². The molecule has 1 saturated heterocycles. The van der Waals surface area contributed by atoms with Crippen LogP contribution in [0.15, 0.2) is 29.4 Å². The van der Waals surface area contributed by atoms with Crippen molar-refractivity contribution in [2.45, 2.75) is 51.7 Å². The summed E-state index contributed by atoms with van der Waals surface area (Å²) in [5.74, 6) is 1.79. The van der Waals surface area contributed by atoms with Crippen LogP contribution in [-0.2, 0) is 4.74 Å². The molecule has 156 valence electrons. The Kier molecular flexibility index (Phi) is 8.35. The number of nitrogens with one attached hydrogen (secondary N) is 3. The monoisotopic (exact) mass is 390 g/mol. The number of alkyl carbamates (subject to hydrolysis) is 1. The molecule has 1 aliphatic rings. The van der Waals surface area contributed by atoms with E-state index in [4.69, 9.17) is 4.74 Å². The lowest BCUT2D eigenvalue weighted by molar-refractivity contribution is 0.0507. The molecule has 2 rings (SSSR count). The summed E-state index contributed by atoms with van der Waals surface area (Å²) in [6.07, 6.45) is 4.39. The summed E-state index contributed by atoms with van der Waals surface area (Å²) in [6.45, 7) is 8.95. The third-order valence-electron chi connectivity index (χ3n) is 4.28. The normalized spacial score (nSPS) is 17.4. The fraction of sp³-hybridized carbons (Fsp3) is 0.650. The highest BCUT2D eigenvalue weighted by molar-refractivity contribution is 5.80. The van der Waals surface area contributed by atoms with Gasteiger partial charge in [-0.25, -0.2) is 9.78 Å². The number of aromatic nitrogens is 1. The first-order chi connectivity index (χ1) is 13.4. The minimum absolute atomic E-state index is 0.0796. The van der Waals surface area contributed by atoms with E-state index in [1.807, 2.05) is 39.0 Å². The van der Waals surface area contributed by atoms with Crippen LogP contribution < -0.4 is 16.0 Å². The van der Waals surface area contributed by atoms with Crippen LogP contribution in [0.4, 0.5) is 10.6 Å². The molecule has 0 radical (unpaired) electrons. The van der Waals surface area contributed by atoms with Gasteiger partial charge in [0, 0.05) is 39.4 Å². The van der Waals surface area contributed by atoms with Crippen molar-refractivity contribution in [2.75, 3.05) is 38.5 Å². The predicted molar refractivity (Wildman–Crippen MR) is 113 cm³/mol. The number of carbonyl (C=O) groups is 1. The topological polar surface area (TPSA) is 90.9 Å². The third-order valence-corrected chi connectivity index (χ3v) is 4.28. The molecule has 1 atom stereocenters. The van der Waals surface area contributed by atoms with Gasteiger partial charge < -0.3 is 25.6 Å². The highest BCUT2D eigenvalue weighted by Gasteiger charge is 2.27. The Balaban J connectivity index is 1.62. The number of carbonyl (C=O) groups excluding carboxylic acids is 1. The fourth-order valence-corrected chi connectivity index (χ4v) is 3.01. The highest BCUT2D eigenvalue weighted by Crippen LogP contribution is 2.12. The van der Waals surface area contributed by atoms with Crippen LogP contribution in [0.2, 0.25) is 0 Å². The number of unbranched alkanes of at least 4 members (excludes halogenated alkanes) is 1. The maximum Gasteiger partial charge on any atom is 0.407 e. The lowest BCUT2D eigenvalue weighted by Gasteiger charge is -2.23. The molecule has 1 unspecified atom stereocenters. The number of nitrogens with zero attached hydrogens (tertiary/aromatic N) is 3. The van der Waals surface area contributed by atoms with E-state index in [9.17, 15) is 4.79 Å². The summed E-state index contributed by atoms with van der Waals surface area (Å²) in [7, 11) is 1.79. The van der Waals surface area contributed by atoms with Crippen molar-refractivity contribution in [1.29, 1.82) is 0 Å². The Labute approximate surface area is 168 Å². The molecule has 1 fully saturated rings. The molecule has 3 N–H and O–H groups in total. The van der Waals surface area contributed by atoms with Crippen LogP contribution in [0.25, 0.3) is 0 Å². The van der Waals surface area contributed by atoms with E-state index in [2.05, 4.69) is 30.8 Å². The first kappa shape index (κ1) is 21.8. The third kappa shape index (κ3) is 8.02. The van der Waals surface area contributed by atoms with E-state index >= 15 is 0 Å². The summed E-state index contributed by atoms with van der Waals surface area (Å²) >= 11 is 0. The number of ether oxygens (including phenoxy) is 1. The maximum atomic E-state index is 11.9. The van der Waals surface area contributed by atoms with Crippen LogP contribution in [0.1, 0.15) is 40.0 Å². The van der Waals surface area contributed by atoms with Crippen molar-refractivity contribution < 1.29 is 9.53 Å². The Bertz CT molecular complexity index is 629. The molecule has 8 nitrogen and oxygen atoms in total. The van der Waals surface area contributed by atoms with E-state index in [1.54, 1.807) is 13.2 Å². The van der Waals surface area contributed by atoms with Crippen molar-refractivity contribution >= 4 is 17.9 Å². The second-order valence-corrected chi connectivity index (χ2v) is 7.90. The van der Waals surface area contributed by atoms with Crippen molar-refractivity contribution in [3.63, 3.8) is 0 Å². The van der Waals surface area contributed by atoms with Crippen LogP contribution >= 0.6 is 0 Å². The lowest BCUT2D eigenvalue weighted by atomic mass is 10.2. The van der Waals surface area contributed by atoms with Crippen LogP contribution in [0.5, 0.6) is 0 Å². The summed E-state index contributed by atoms with van der Waals surface area (Å²) in [4.78, 5) is 22.7. The molecule has 1 aromatic rings. The van der Waals surface area contributed by atoms with Gasteiger partial charge in [0.1, 0.15) is 11.4 Å². The number of hydrogen-bond acceptors (Lipinski definition) is 5. The Morgan fingerprint density at radius 2 is 2.11 bits per heavy atom. The number of pyridine rings is 1. The van der Waals surface area contributed by atoms with Crippen LogP contribution in [-0.4, -0.2) is 66.8 Å². The van der Waals surface area contributed by atoms with Crippen molar-refractivity contribution in [3.05, 3.63) is 24.4 Å². The zero-order valence-electron chi connectivity index (χ0n) is 17.5. The van der Waals surface area contributed by atoms with Gasteiger partial charge in [-0.05, 0) is 52.2 Å². The summed E-state index contributed by atoms with van der Waals surface area (Å²) in [5, 5.41) is 9.67. The van der Waals surface area contributed by atoms with Gasteiger partial charge in [0.25, 0.3) is 0 Å². The minimum Gasteiger partial charge on any atom is -0.444 e. The van der Waals surface area contributed by atoms with Gasteiger partial charge in [-0.2, -0.15) is 0 Å². The number of anilines is 1. The number of guanidine groups is 1. The second kappa shape index (κ2) is 10.7. The molecule has 8 heteroatoms.